The molecule has 6 heteroatoms. The van der Waals surface area contributed by atoms with Gasteiger partial charge in [-0.1, -0.05) is 51.8 Å². The number of carbonyl (C=O) groups excluding carboxylic acids is 2. The van der Waals surface area contributed by atoms with Crippen molar-refractivity contribution in [3.05, 3.63) is 65.5 Å². The molecule has 5 nitrogen and oxygen atoms in total. The van der Waals surface area contributed by atoms with Gasteiger partial charge in [0, 0.05) is 36.3 Å². The van der Waals surface area contributed by atoms with Crippen LogP contribution in [-0.4, -0.2) is 28.8 Å². The number of amides is 2. The molecule has 32 heavy (non-hydrogen) atoms. The second-order valence-corrected chi connectivity index (χ2v) is 9.95. The Morgan fingerprint density at radius 1 is 1.09 bits per heavy atom. The fourth-order valence-corrected chi connectivity index (χ4v) is 4.28. The summed E-state index contributed by atoms with van der Waals surface area (Å²) in [5.74, 6) is -0.710. The summed E-state index contributed by atoms with van der Waals surface area (Å²) in [6, 6.07) is 13.1. The van der Waals surface area contributed by atoms with Crippen LogP contribution < -0.4 is 11.1 Å². The fourth-order valence-electron chi connectivity index (χ4n) is 4.28. The number of hydrogen-bond donors (Lipinski definition) is 2. The third-order valence-corrected chi connectivity index (χ3v) is 5.77. The smallest absolute Gasteiger partial charge is 0.254 e. The quantitative estimate of drug-likeness (QED) is 0.656. The van der Waals surface area contributed by atoms with Crippen LogP contribution in [0.15, 0.2) is 48.5 Å². The van der Waals surface area contributed by atoms with Crippen molar-refractivity contribution in [3.63, 3.8) is 0 Å². The van der Waals surface area contributed by atoms with Gasteiger partial charge in [-0.25, -0.2) is 4.39 Å². The highest BCUT2D eigenvalue weighted by atomic mass is 19.1. The van der Waals surface area contributed by atoms with Gasteiger partial charge in [0.05, 0.1) is 0 Å². The molecular formula is C26H34FN3O2. The standard InChI is InChI=1S/C26H34FN3O2/c1-26(2,3)16-24(31)29-21-11-6-8-18(14-21)17-30(23-13-5-4-12-22(23)28)25(32)19-9-7-10-20(27)15-19/h6-11,14-15,22-23H,4-5,12-13,16-17,28H2,1-3H3,(H,29,31). The summed E-state index contributed by atoms with van der Waals surface area (Å²) in [4.78, 5) is 27.5. The van der Waals surface area contributed by atoms with Crippen molar-refractivity contribution in [1.29, 1.82) is 0 Å². The molecule has 0 spiro atoms. The Morgan fingerprint density at radius 2 is 1.81 bits per heavy atom. The number of carbonyl (C=O) groups is 2. The number of hydrogen-bond acceptors (Lipinski definition) is 3. The van der Waals surface area contributed by atoms with Crippen LogP contribution in [0.1, 0.15) is 68.8 Å². The van der Waals surface area contributed by atoms with Gasteiger partial charge in [0.25, 0.3) is 5.91 Å². The Morgan fingerprint density at radius 3 is 2.50 bits per heavy atom. The van der Waals surface area contributed by atoms with E-state index in [9.17, 15) is 14.0 Å². The van der Waals surface area contributed by atoms with Crippen molar-refractivity contribution in [2.24, 2.45) is 11.1 Å². The summed E-state index contributed by atoms with van der Waals surface area (Å²) in [5, 5.41) is 2.95. The monoisotopic (exact) mass is 439 g/mol. The normalized spacial score (nSPS) is 18.8. The molecule has 2 amide bonds. The molecule has 1 aliphatic rings. The van der Waals surface area contributed by atoms with Crippen molar-refractivity contribution < 1.29 is 14.0 Å². The molecule has 0 aromatic heterocycles. The Kier molecular flexibility index (Phi) is 7.67. The van der Waals surface area contributed by atoms with Gasteiger partial charge < -0.3 is 16.0 Å². The molecule has 0 radical (unpaired) electrons. The van der Waals surface area contributed by atoms with E-state index >= 15 is 0 Å². The van der Waals surface area contributed by atoms with Crippen molar-refractivity contribution >= 4 is 17.5 Å². The van der Waals surface area contributed by atoms with E-state index in [0.717, 1.165) is 31.2 Å². The van der Waals surface area contributed by atoms with E-state index in [4.69, 9.17) is 5.73 Å². The Hall–Kier alpha value is -2.73. The second-order valence-electron chi connectivity index (χ2n) is 9.95. The molecule has 1 fully saturated rings. The topological polar surface area (TPSA) is 75.4 Å². The minimum absolute atomic E-state index is 0.0448. The minimum Gasteiger partial charge on any atom is -0.330 e. The van der Waals surface area contributed by atoms with E-state index in [-0.39, 0.29) is 29.3 Å². The molecule has 2 aromatic rings. The number of anilines is 1. The first-order valence-electron chi connectivity index (χ1n) is 11.3. The Bertz CT molecular complexity index is 954. The second kappa shape index (κ2) is 10.3. The lowest BCUT2D eigenvalue weighted by atomic mass is 9.89. The third kappa shape index (κ3) is 6.63. The van der Waals surface area contributed by atoms with E-state index in [1.165, 1.54) is 12.1 Å². The molecule has 0 heterocycles. The van der Waals surface area contributed by atoms with Crippen LogP contribution in [0, 0.1) is 11.2 Å². The highest BCUT2D eigenvalue weighted by molar-refractivity contribution is 5.94. The van der Waals surface area contributed by atoms with Crippen LogP contribution in [0.3, 0.4) is 0 Å². The van der Waals surface area contributed by atoms with Crippen molar-refractivity contribution in [1.82, 2.24) is 4.90 Å². The molecule has 3 N–H and O–H groups in total. The van der Waals surface area contributed by atoms with Gasteiger partial charge in [-0.05, 0) is 54.2 Å². The van der Waals surface area contributed by atoms with Gasteiger partial charge >= 0.3 is 0 Å². The number of rotatable bonds is 6. The summed E-state index contributed by atoms with van der Waals surface area (Å²) in [6.07, 6.45) is 4.16. The van der Waals surface area contributed by atoms with E-state index in [1.54, 1.807) is 17.0 Å². The number of nitrogens with two attached hydrogens (primary N) is 1. The zero-order chi connectivity index (χ0) is 23.3. The maximum absolute atomic E-state index is 13.8. The molecular weight excluding hydrogens is 405 g/mol. The molecule has 1 aliphatic carbocycles. The minimum atomic E-state index is -0.438. The van der Waals surface area contributed by atoms with Gasteiger partial charge in [0.15, 0.2) is 0 Å². The number of halogens is 1. The van der Waals surface area contributed by atoms with Crippen molar-refractivity contribution in [2.75, 3.05) is 5.32 Å². The van der Waals surface area contributed by atoms with Gasteiger partial charge in [0.2, 0.25) is 5.91 Å². The molecule has 2 atom stereocenters. The van der Waals surface area contributed by atoms with Crippen molar-refractivity contribution in [2.45, 2.75) is 71.5 Å². The molecule has 1 saturated carbocycles. The van der Waals surface area contributed by atoms with Gasteiger partial charge in [-0.2, -0.15) is 0 Å². The average molecular weight is 440 g/mol. The van der Waals surface area contributed by atoms with Gasteiger partial charge in [0.1, 0.15) is 5.82 Å². The van der Waals surface area contributed by atoms with Crippen LogP contribution in [0.2, 0.25) is 0 Å². The summed E-state index contributed by atoms with van der Waals surface area (Å²) in [5.41, 5.74) is 8.21. The van der Waals surface area contributed by atoms with E-state index in [0.29, 0.717) is 24.2 Å². The highest BCUT2D eigenvalue weighted by Crippen LogP contribution is 2.26. The molecule has 2 unspecified atom stereocenters. The lowest BCUT2D eigenvalue weighted by Gasteiger charge is -2.38. The lowest BCUT2D eigenvalue weighted by Crippen LogP contribution is -2.51. The van der Waals surface area contributed by atoms with E-state index < -0.39 is 5.82 Å². The summed E-state index contributed by atoms with van der Waals surface area (Å²) < 4.78 is 13.8. The third-order valence-electron chi connectivity index (χ3n) is 5.77. The molecule has 0 bridgehead atoms. The van der Waals surface area contributed by atoms with Gasteiger partial charge in [-0.3, -0.25) is 9.59 Å². The van der Waals surface area contributed by atoms with Crippen LogP contribution >= 0.6 is 0 Å². The molecule has 0 aliphatic heterocycles. The molecule has 3 rings (SSSR count). The zero-order valence-corrected chi connectivity index (χ0v) is 19.2. The summed E-state index contributed by atoms with van der Waals surface area (Å²) in [7, 11) is 0. The lowest BCUT2D eigenvalue weighted by molar-refractivity contribution is -0.117. The Balaban J connectivity index is 1.83. The number of nitrogens with zero attached hydrogens (tertiary/aromatic N) is 1. The van der Waals surface area contributed by atoms with E-state index in [2.05, 4.69) is 5.32 Å². The predicted molar refractivity (Wildman–Crippen MR) is 126 cm³/mol. The average Bonchev–Trinajstić information content (AvgIpc) is 2.71. The first kappa shape index (κ1) is 23.9. The molecule has 0 saturated heterocycles. The first-order valence-corrected chi connectivity index (χ1v) is 11.3. The Labute approximate surface area is 190 Å². The van der Waals surface area contributed by atoms with Crippen molar-refractivity contribution in [3.8, 4) is 0 Å². The molecule has 2 aromatic carbocycles. The summed E-state index contributed by atoms with van der Waals surface area (Å²) in [6.45, 7) is 6.40. The number of nitrogens with one attached hydrogen (secondary N) is 1. The molecule has 172 valence electrons. The zero-order valence-electron chi connectivity index (χ0n) is 19.2. The van der Waals surface area contributed by atoms with Crippen LogP contribution in [0.5, 0.6) is 0 Å². The largest absolute Gasteiger partial charge is 0.330 e. The van der Waals surface area contributed by atoms with Crippen LogP contribution in [0.4, 0.5) is 10.1 Å². The first-order chi connectivity index (χ1) is 15.1. The fraction of sp³-hybridized carbons (Fsp3) is 0.462. The summed E-state index contributed by atoms with van der Waals surface area (Å²) >= 11 is 0. The maximum atomic E-state index is 13.8. The highest BCUT2D eigenvalue weighted by Gasteiger charge is 2.31. The van der Waals surface area contributed by atoms with E-state index in [1.807, 2.05) is 45.0 Å². The number of benzene rings is 2. The van der Waals surface area contributed by atoms with Gasteiger partial charge in [-0.15, -0.1) is 0 Å². The maximum Gasteiger partial charge on any atom is 0.254 e. The van der Waals surface area contributed by atoms with Crippen LogP contribution in [-0.2, 0) is 11.3 Å². The van der Waals surface area contributed by atoms with Crippen LogP contribution in [0.25, 0.3) is 0 Å². The predicted octanol–water partition coefficient (Wildman–Crippen LogP) is 5.11. The SMILES string of the molecule is CC(C)(C)CC(=O)Nc1cccc(CN(C(=O)c2cccc(F)c2)C2CCCCC2N)c1.